The number of aliphatic hydroxyl groups excluding tert-OH is 1. The van der Waals surface area contributed by atoms with Gasteiger partial charge in [-0.05, 0) is 79.4 Å². The van der Waals surface area contributed by atoms with Gasteiger partial charge in [-0.2, -0.15) is 0 Å². The van der Waals surface area contributed by atoms with E-state index in [0.717, 1.165) is 36.5 Å². The van der Waals surface area contributed by atoms with Gasteiger partial charge in [0.05, 0.1) is 12.5 Å². The van der Waals surface area contributed by atoms with Gasteiger partial charge in [0.2, 0.25) is 0 Å². The first-order valence-electron chi connectivity index (χ1n) is 14.2. The zero-order chi connectivity index (χ0) is 24.7. The monoisotopic (exact) mass is 492 g/mol. The SMILES string of the molecule is CC(C)CCC[C@@H](C)[C@H]1CC[C@H]2[C@@H]3CC=C4C[C@@H](O)CC(OC(=O)CCCl)[C@]4(C)[C@H]3CC[C@]12C. The number of hydrogen-bond acceptors (Lipinski definition) is 3. The van der Waals surface area contributed by atoms with Gasteiger partial charge in [-0.15, -0.1) is 11.6 Å². The van der Waals surface area contributed by atoms with Crippen LogP contribution in [0.2, 0.25) is 0 Å². The van der Waals surface area contributed by atoms with Gasteiger partial charge in [0.25, 0.3) is 0 Å². The fourth-order valence-corrected chi connectivity index (χ4v) is 9.32. The summed E-state index contributed by atoms with van der Waals surface area (Å²) in [5.74, 6) is 4.51. The first-order chi connectivity index (χ1) is 16.1. The van der Waals surface area contributed by atoms with Crippen molar-refractivity contribution in [2.75, 3.05) is 5.88 Å². The maximum Gasteiger partial charge on any atom is 0.307 e. The van der Waals surface area contributed by atoms with E-state index >= 15 is 0 Å². The number of aliphatic hydroxyl groups is 1. The normalized spacial score (nSPS) is 42.4. The van der Waals surface area contributed by atoms with Crippen LogP contribution in [0.25, 0.3) is 0 Å². The van der Waals surface area contributed by atoms with E-state index in [2.05, 4.69) is 40.7 Å². The molecular weight excluding hydrogens is 444 g/mol. The Morgan fingerprint density at radius 3 is 2.65 bits per heavy atom. The van der Waals surface area contributed by atoms with Crippen LogP contribution in [-0.4, -0.2) is 29.2 Å². The van der Waals surface area contributed by atoms with Crippen molar-refractivity contribution in [2.45, 2.75) is 117 Å². The molecule has 1 unspecified atom stereocenters. The highest BCUT2D eigenvalue weighted by Gasteiger charge is 2.61. The minimum atomic E-state index is -0.416. The summed E-state index contributed by atoms with van der Waals surface area (Å²) in [4.78, 5) is 12.5. The van der Waals surface area contributed by atoms with E-state index in [-0.39, 0.29) is 29.8 Å². The second-order valence-corrected chi connectivity index (χ2v) is 13.5. The van der Waals surface area contributed by atoms with E-state index in [0.29, 0.717) is 23.7 Å². The summed E-state index contributed by atoms with van der Waals surface area (Å²) in [6.45, 7) is 12.2. The lowest BCUT2D eigenvalue weighted by molar-refractivity contribution is -0.168. The molecule has 34 heavy (non-hydrogen) atoms. The average Bonchev–Trinajstić information content (AvgIpc) is 3.12. The molecule has 0 aromatic rings. The molecule has 0 bridgehead atoms. The first-order valence-corrected chi connectivity index (χ1v) is 14.8. The molecule has 3 nitrogen and oxygen atoms in total. The molecule has 0 amide bonds. The molecule has 0 heterocycles. The van der Waals surface area contributed by atoms with Crippen molar-refractivity contribution in [1.29, 1.82) is 0 Å². The summed E-state index contributed by atoms with van der Waals surface area (Å²) in [6.07, 6.45) is 13.8. The number of esters is 1. The number of carbonyl (C=O) groups is 1. The molecule has 4 aliphatic carbocycles. The number of carbonyl (C=O) groups excluding carboxylic acids is 1. The van der Waals surface area contributed by atoms with Crippen molar-refractivity contribution in [3.8, 4) is 0 Å². The Labute approximate surface area is 213 Å². The Balaban J connectivity index is 1.54. The van der Waals surface area contributed by atoms with Crippen LogP contribution < -0.4 is 0 Å². The summed E-state index contributed by atoms with van der Waals surface area (Å²) in [6, 6.07) is 0. The number of fused-ring (bicyclic) bond motifs is 5. The highest BCUT2D eigenvalue weighted by atomic mass is 35.5. The topological polar surface area (TPSA) is 46.5 Å². The Morgan fingerprint density at radius 1 is 1.18 bits per heavy atom. The Kier molecular flexibility index (Phi) is 8.15. The van der Waals surface area contributed by atoms with Gasteiger partial charge in [-0.25, -0.2) is 0 Å². The number of alkyl halides is 1. The number of halogens is 1. The molecule has 0 aromatic heterocycles. The second kappa shape index (κ2) is 10.4. The third-order valence-corrected chi connectivity index (χ3v) is 11.1. The van der Waals surface area contributed by atoms with Crippen LogP contribution in [0, 0.1) is 46.3 Å². The lowest BCUT2D eigenvalue weighted by atomic mass is 9.46. The number of allylic oxidation sites excluding steroid dienone is 1. The molecule has 3 saturated carbocycles. The fourth-order valence-electron chi connectivity index (χ4n) is 9.16. The van der Waals surface area contributed by atoms with E-state index in [1.807, 2.05) is 0 Å². The summed E-state index contributed by atoms with van der Waals surface area (Å²) in [5, 5.41) is 10.6. The largest absolute Gasteiger partial charge is 0.461 e. The lowest BCUT2D eigenvalue weighted by Crippen LogP contribution is -2.56. The predicted molar refractivity (Wildman–Crippen MR) is 140 cm³/mol. The quantitative estimate of drug-likeness (QED) is 0.216. The molecular formula is C30H49ClO3. The van der Waals surface area contributed by atoms with Gasteiger partial charge in [-0.3, -0.25) is 4.79 Å². The standard InChI is InChI=1S/C30H49ClO3/c1-19(2)7-6-8-20(3)24-11-12-25-23-10-9-21-17-22(32)18-27(34-28(33)14-16-31)30(21,5)26(23)13-15-29(24,25)4/h9,19-20,22-27,32H,6-8,10-18H2,1-5H3/t20-,22-,23+,24-,25+,26+,27?,29-,30+/m1/s1. The zero-order valence-corrected chi connectivity index (χ0v) is 23.1. The molecule has 0 saturated heterocycles. The highest BCUT2D eigenvalue weighted by molar-refractivity contribution is 6.18. The predicted octanol–water partition coefficient (Wildman–Crippen LogP) is 7.54. The Morgan fingerprint density at radius 2 is 1.94 bits per heavy atom. The molecule has 194 valence electrons. The maximum absolute atomic E-state index is 12.5. The summed E-state index contributed by atoms with van der Waals surface area (Å²) in [5.41, 5.74) is 1.64. The van der Waals surface area contributed by atoms with Crippen molar-refractivity contribution in [3.63, 3.8) is 0 Å². The van der Waals surface area contributed by atoms with Crippen LogP contribution in [0.4, 0.5) is 0 Å². The number of hydrogen-bond donors (Lipinski definition) is 1. The first kappa shape index (κ1) is 26.5. The Hall–Kier alpha value is -0.540. The van der Waals surface area contributed by atoms with Crippen LogP contribution >= 0.6 is 11.6 Å². The molecule has 0 radical (unpaired) electrons. The smallest absolute Gasteiger partial charge is 0.307 e. The van der Waals surface area contributed by atoms with Crippen molar-refractivity contribution >= 4 is 17.6 Å². The maximum atomic E-state index is 12.5. The number of ether oxygens (including phenoxy) is 1. The molecule has 9 atom stereocenters. The molecule has 4 rings (SSSR count). The molecule has 4 aliphatic rings. The van der Waals surface area contributed by atoms with Gasteiger partial charge in [-0.1, -0.05) is 65.5 Å². The van der Waals surface area contributed by atoms with Crippen LogP contribution in [0.1, 0.15) is 105 Å². The van der Waals surface area contributed by atoms with Gasteiger partial charge in [0.15, 0.2) is 0 Å². The molecule has 0 spiro atoms. The van der Waals surface area contributed by atoms with Gasteiger partial charge >= 0.3 is 5.97 Å². The van der Waals surface area contributed by atoms with Gasteiger partial charge in [0.1, 0.15) is 6.10 Å². The lowest BCUT2D eigenvalue weighted by Gasteiger charge is -2.60. The van der Waals surface area contributed by atoms with E-state index in [9.17, 15) is 9.90 Å². The highest BCUT2D eigenvalue weighted by Crippen LogP contribution is 2.67. The van der Waals surface area contributed by atoms with Gasteiger partial charge in [0, 0.05) is 17.7 Å². The minimum absolute atomic E-state index is 0.146. The van der Waals surface area contributed by atoms with Crippen LogP contribution in [0.3, 0.4) is 0 Å². The van der Waals surface area contributed by atoms with E-state index in [1.165, 1.54) is 50.5 Å². The summed E-state index contributed by atoms with van der Waals surface area (Å²) in [7, 11) is 0. The number of rotatable bonds is 8. The van der Waals surface area contributed by atoms with Crippen molar-refractivity contribution in [3.05, 3.63) is 11.6 Å². The van der Waals surface area contributed by atoms with Crippen LogP contribution in [-0.2, 0) is 9.53 Å². The van der Waals surface area contributed by atoms with Crippen molar-refractivity contribution in [1.82, 2.24) is 0 Å². The van der Waals surface area contributed by atoms with Crippen LogP contribution in [0.15, 0.2) is 11.6 Å². The molecule has 4 heteroatoms. The third-order valence-electron chi connectivity index (χ3n) is 10.9. The van der Waals surface area contributed by atoms with Crippen molar-refractivity contribution < 1.29 is 14.6 Å². The second-order valence-electron chi connectivity index (χ2n) is 13.2. The van der Waals surface area contributed by atoms with Crippen molar-refractivity contribution in [2.24, 2.45) is 46.3 Å². The summed E-state index contributed by atoms with van der Waals surface area (Å²) < 4.78 is 6.06. The van der Waals surface area contributed by atoms with Crippen LogP contribution in [0.5, 0.6) is 0 Å². The molecule has 1 N–H and O–H groups in total. The van der Waals surface area contributed by atoms with E-state index in [1.54, 1.807) is 0 Å². The summed E-state index contributed by atoms with van der Waals surface area (Å²) >= 11 is 5.83. The zero-order valence-electron chi connectivity index (χ0n) is 22.3. The molecule has 3 fully saturated rings. The van der Waals surface area contributed by atoms with E-state index in [4.69, 9.17) is 16.3 Å². The van der Waals surface area contributed by atoms with E-state index < -0.39 is 6.10 Å². The third kappa shape index (κ3) is 4.74. The molecule has 0 aromatic carbocycles. The van der Waals surface area contributed by atoms with Gasteiger partial charge < -0.3 is 9.84 Å². The Bertz CT molecular complexity index is 762. The molecule has 0 aliphatic heterocycles. The fraction of sp³-hybridized carbons (Fsp3) is 0.900. The average molecular weight is 493 g/mol. The minimum Gasteiger partial charge on any atom is -0.461 e.